The molecule has 0 fully saturated rings. The Balaban J connectivity index is 2.46. The second-order valence-electron chi connectivity index (χ2n) is 2.38. The predicted octanol–water partition coefficient (Wildman–Crippen LogP) is 3.10. The Kier molecular flexibility index (Phi) is 2.63. The van der Waals surface area contributed by atoms with E-state index in [2.05, 4.69) is 26.1 Å². The molecule has 0 N–H and O–H groups in total. The summed E-state index contributed by atoms with van der Waals surface area (Å²) in [6.45, 7) is 0. The van der Waals surface area contributed by atoms with Crippen LogP contribution in [-0.4, -0.2) is 10.1 Å². The van der Waals surface area contributed by atoms with Gasteiger partial charge in [0.2, 0.25) is 3.83 Å². The van der Waals surface area contributed by atoms with Gasteiger partial charge in [-0.3, -0.25) is 0 Å². The highest BCUT2D eigenvalue weighted by Crippen LogP contribution is 2.21. The summed E-state index contributed by atoms with van der Waals surface area (Å²) in [5.74, 6) is 0.547. The molecule has 0 aliphatic heterocycles. The third-order valence-electron chi connectivity index (χ3n) is 1.47. The molecular weight excluding hydrogens is 347 g/mol. The Morgan fingerprint density at radius 3 is 2.85 bits per heavy atom. The minimum atomic E-state index is 0.547. The average molecular weight is 351 g/mol. The fourth-order valence-corrected chi connectivity index (χ4v) is 1.66. The molecule has 2 rings (SSSR count). The molecule has 2 aromatic rings. The molecule has 0 amide bonds. The summed E-state index contributed by atoms with van der Waals surface area (Å²) in [5, 5.41) is 3.71. The van der Waals surface area contributed by atoms with Crippen LogP contribution < -0.4 is 0 Å². The molecule has 0 atom stereocenters. The van der Waals surface area contributed by atoms with Gasteiger partial charge in [-0.2, -0.15) is 4.98 Å². The maximum atomic E-state index is 5.02. The number of halogens is 2. The van der Waals surface area contributed by atoms with Crippen LogP contribution in [0.4, 0.5) is 0 Å². The molecule has 1 heterocycles. The van der Waals surface area contributed by atoms with Gasteiger partial charge in [0.15, 0.2) is 0 Å². The van der Waals surface area contributed by atoms with E-state index in [1.165, 1.54) is 0 Å². The van der Waals surface area contributed by atoms with Crippen LogP contribution in [0.2, 0.25) is 0 Å². The van der Waals surface area contributed by atoms with E-state index in [9.17, 15) is 0 Å². The first kappa shape index (κ1) is 9.14. The molecule has 0 spiro atoms. The standard InChI is InChI=1S/C8H4BrIN2O/c9-6-3-1-2-5(4-6)7-11-8(10)12-13-7/h1-4H. The van der Waals surface area contributed by atoms with Crippen molar-refractivity contribution in [2.24, 2.45) is 0 Å². The Morgan fingerprint density at radius 1 is 1.38 bits per heavy atom. The fraction of sp³-hybridized carbons (Fsp3) is 0. The van der Waals surface area contributed by atoms with Gasteiger partial charge in [-0.15, -0.1) is 0 Å². The van der Waals surface area contributed by atoms with Gasteiger partial charge >= 0.3 is 0 Å². The summed E-state index contributed by atoms with van der Waals surface area (Å²) in [6.07, 6.45) is 0. The number of hydrogen-bond acceptors (Lipinski definition) is 3. The molecule has 1 aromatic heterocycles. The van der Waals surface area contributed by atoms with Crippen molar-refractivity contribution in [2.75, 3.05) is 0 Å². The summed E-state index contributed by atoms with van der Waals surface area (Å²) in [7, 11) is 0. The zero-order valence-corrected chi connectivity index (χ0v) is 10.1. The Morgan fingerprint density at radius 2 is 2.23 bits per heavy atom. The lowest BCUT2D eigenvalue weighted by Gasteiger charge is -1.93. The van der Waals surface area contributed by atoms with E-state index in [0.717, 1.165) is 10.0 Å². The molecular formula is C8H4BrIN2O. The lowest BCUT2D eigenvalue weighted by molar-refractivity contribution is 0.426. The normalized spacial score (nSPS) is 10.3. The van der Waals surface area contributed by atoms with Gasteiger partial charge in [-0.05, 0) is 18.2 Å². The van der Waals surface area contributed by atoms with Gasteiger partial charge in [0.25, 0.3) is 5.89 Å². The monoisotopic (exact) mass is 350 g/mol. The number of hydrogen-bond donors (Lipinski definition) is 0. The Hall–Kier alpha value is -0.430. The van der Waals surface area contributed by atoms with Crippen molar-refractivity contribution in [1.82, 2.24) is 10.1 Å². The Bertz CT molecular complexity index is 430. The van der Waals surface area contributed by atoms with Gasteiger partial charge in [-0.25, -0.2) is 0 Å². The fourth-order valence-electron chi connectivity index (χ4n) is 0.944. The summed E-state index contributed by atoms with van der Waals surface area (Å²) < 4.78 is 6.63. The summed E-state index contributed by atoms with van der Waals surface area (Å²) >= 11 is 5.38. The highest BCUT2D eigenvalue weighted by molar-refractivity contribution is 14.1. The van der Waals surface area contributed by atoms with Crippen LogP contribution in [0, 0.1) is 3.83 Å². The first-order valence-electron chi connectivity index (χ1n) is 3.51. The van der Waals surface area contributed by atoms with Crippen molar-refractivity contribution in [3.63, 3.8) is 0 Å². The maximum absolute atomic E-state index is 5.02. The topological polar surface area (TPSA) is 38.9 Å². The molecule has 66 valence electrons. The van der Waals surface area contributed by atoms with Crippen molar-refractivity contribution in [3.8, 4) is 11.5 Å². The molecule has 0 aliphatic carbocycles. The van der Waals surface area contributed by atoms with Crippen LogP contribution in [0.3, 0.4) is 0 Å². The predicted molar refractivity (Wildman–Crippen MR) is 60.2 cm³/mol. The van der Waals surface area contributed by atoms with E-state index in [1.807, 2.05) is 46.9 Å². The van der Waals surface area contributed by atoms with Crippen LogP contribution >= 0.6 is 38.5 Å². The molecule has 0 radical (unpaired) electrons. The van der Waals surface area contributed by atoms with Crippen LogP contribution in [0.25, 0.3) is 11.5 Å². The van der Waals surface area contributed by atoms with Crippen molar-refractivity contribution in [2.45, 2.75) is 0 Å². The first-order chi connectivity index (χ1) is 6.25. The molecule has 0 unspecified atom stereocenters. The zero-order chi connectivity index (χ0) is 9.26. The molecule has 0 saturated heterocycles. The smallest absolute Gasteiger partial charge is 0.258 e. The molecule has 13 heavy (non-hydrogen) atoms. The van der Waals surface area contributed by atoms with E-state index in [0.29, 0.717) is 9.72 Å². The summed E-state index contributed by atoms with van der Waals surface area (Å²) in [5.41, 5.74) is 0.921. The number of rotatable bonds is 1. The quantitative estimate of drug-likeness (QED) is 0.742. The minimum Gasteiger partial charge on any atom is -0.333 e. The summed E-state index contributed by atoms with van der Waals surface area (Å²) in [4.78, 5) is 4.11. The van der Waals surface area contributed by atoms with Gasteiger partial charge < -0.3 is 4.52 Å². The van der Waals surface area contributed by atoms with Crippen molar-refractivity contribution in [1.29, 1.82) is 0 Å². The van der Waals surface area contributed by atoms with Gasteiger partial charge in [0, 0.05) is 32.6 Å². The van der Waals surface area contributed by atoms with Gasteiger partial charge in [0.05, 0.1) is 0 Å². The van der Waals surface area contributed by atoms with Gasteiger partial charge in [-0.1, -0.05) is 27.2 Å². The highest BCUT2D eigenvalue weighted by Gasteiger charge is 2.05. The van der Waals surface area contributed by atoms with Crippen molar-refractivity contribution < 1.29 is 4.52 Å². The number of nitrogens with zero attached hydrogens (tertiary/aromatic N) is 2. The lowest BCUT2D eigenvalue weighted by Crippen LogP contribution is -1.77. The second kappa shape index (κ2) is 3.75. The molecule has 0 aliphatic rings. The molecule has 0 saturated carbocycles. The van der Waals surface area contributed by atoms with Crippen LogP contribution in [0.15, 0.2) is 33.3 Å². The largest absolute Gasteiger partial charge is 0.333 e. The third kappa shape index (κ3) is 2.08. The lowest BCUT2D eigenvalue weighted by atomic mass is 10.2. The van der Waals surface area contributed by atoms with Gasteiger partial charge in [0.1, 0.15) is 0 Å². The zero-order valence-electron chi connectivity index (χ0n) is 6.37. The molecule has 5 heteroatoms. The van der Waals surface area contributed by atoms with E-state index in [-0.39, 0.29) is 0 Å². The van der Waals surface area contributed by atoms with Crippen LogP contribution in [0.1, 0.15) is 0 Å². The van der Waals surface area contributed by atoms with E-state index in [4.69, 9.17) is 4.52 Å². The first-order valence-corrected chi connectivity index (χ1v) is 5.38. The van der Waals surface area contributed by atoms with E-state index in [1.54, 1.807) is 0 Å². The average Bonchev–Trinajstić information content (AvgIpc) is 2.52. The van der Waals surface area contributed by atoms with Crippen molar-refractivity contribution in [3.05, 3.63) is 32.6 Å². The highest BCUT2D eigenvalue weighted by atomic mass is 127. The minimum absolute atomic E-state index is 0.547. The van der Waals surface area contributed by atoms with E-state index >= 15 is 0 Å². The van der Waals surface area contributed by atoms with E-state index < -0.39 is 0 Å². The number of aromatic nitrogens is 2. The Labute approximate surface area is 96.8 Å². The number of benzene rings is 1. The molecule has 1 aromatic carbocycles. The molecule has 0 bridgehead atoms. The van der Waals surface area contributed by atoms with Crippen molar-refractivity contribution >= 4 is 38.5 Å². The van der Waals surface area contributed by atoms with Crippen LogP contribution in [0.5, 0.6) is 0 Å². The SMILES string of the molecule is Brc1cccc(-c2nc(I)no2)c1. The second-order valence-corrected chi connectivity index (χ2v) is 4.26. The summed E-state index contributed by atoms with van der Waals surface area (Å²) in [6, 6.07) is 7.74. The molecule has 3 nitrogen and oxygen atoms in total. The van der Waals surface area contributed by atoms with Crippen LogP contribution in [-0.2, 0) is 0 Å². The maximum Gasteiger partial charge on any atom is 0.258 e. The third-order valence-corrected chi connectivity index (χ3v) is 2.40.